The highest BCUT2D eigenvalue weighted by molar-refractivity contribution is 5.83. The Bertz CT molecular complexity index is 388. The van der Waals surface area contributed by atoms with Crippen molar-refractivity contribution >= 4 is 17.9 Å². The lowest BCUT2D eigenvalue weighted by Crippen LogP contribution is -2.47. The first-order chi connectivity index (χ1) is 9.97. The van der Waals surface area contributed by atoms with Gasteiger partial charge < -0.3 is 25.4 Å². The maximum absolute atomic E-state index is 12.0. The number of rotatable bonds is 7. The van der Waals surface area contributed by atoms with Gasteiger partial charge in [-0.05, 0) is 19.3 Å². The van der Waals surface area contributed by atoms with E-state index >= 15 is 0 Å². The molecule has 21 heavy (non-hydrogen) atoms. The number of carbonyl (C=O) groups is 3. The van der Waals surface area contributed by atoms with Crippen LogP contribution < -0.4 is 10.6 Å². The van der Waals surface area contributed by atoms with Gasteiger partial charge in [0.05, 0.1) is 6.10 Å². The lowest BCUT2D eigenvalue weighted by Gasteiger charge is -2.22. The molecular weight excluding hydrogens is 278 g/mol. The third-order valence-corrected chi connectivity index (χ3v) is 3.26. The number of nitrogens with one attached hydrogen (secondary N) is 2. The largest absolute Gasteiger partial charge is 0.479 e. The van der Waals surface area contributed by atoms with Crippen LogP contribution in [0.5, 0.6) is 0 Å². The van der Waals surface area contributed by atoms with E-state index in [1.165, 1.54) is 11.9 Å². The van der Waals surface area contributed by atoms with Crippen molar-refractivity contribution in [3.05, 3.63) is 0 Å². The fraction of sp³-hybridized carbons (Fsp3) is 0.769. The first-order valence-electron chi connectivity index (χ1n) is 7.09. The van der Waals surface area contributed by atoms with E-state index in [1.54, 1.807) is 0 Å². The van der Waals surface area contributed by atoms with E-state index in [-0.39, 0.29) is 31.1 Å². The van der Waals surface area contributed by atoms with Gasteiger partial charge in [-0.2, -0.15) is 0 Å². The minimum atomic E-state index is -0.976. The molecule has 1 saturated heterocycles. The number of hydrogen-bond donors (Lipinski definition) is 3. The van der Waals surface area contributed by atoms with Gasteiger partial charge >= 0.3 is 12.0 Å². The van der Waals surface area contributed by atoms with Gasteiger partial charge in [0.1, 0.15) is 6.54 Å². The van der Waals surface area contributed by atoms with Gasteiger partial charge in [0.2, 0.25) is 5.91 Å². The van der Waals surface area contributed by atoms with Crippen LogP contribution in [0.1, 0.15) is 26.2 Å². The average molecular weight is 301 g/mol. The number of carbonyl (C=O) groups excluding carboxylic acids is 2. The highest BCUT2D eigenvalue weighted by atomic mass is 16.5. The average Bonchev–Trinajstić information content (AvgIpc) is 2.93. The van der Waals surface area contributed by atoms with Crippen LogP contribution in [0.25, 0.3) is 0 Å². The summed E-state index contributed by atoms with van der Waals surface area (Å²) in [5, 5.41) is 14.0. The van der Waals surface area contributed by atoms with Gasteiger partial charge in [0.25, 0.3) is 0 Å². The second-order valence-electron chi connectivity index (χ2n) is 4.94. The van der Waals surface area contributed by atoms with Crippen molar-refractivity contribution in [2.75, 3.05) is 26.7 Å². The molecule has 2 atom stereocenters. The lowest BCUT2D eigenvalue weighted by molar-refractivity contribution is -0.149. The molecule has 1 heterocycles. The van der Waals surface area contributed by atoms with E-state index in [0.717, 1.165) is 6.42 Å². The molecular formula is C13H23N3O5. The summed E-state index contributed by atoms with van der Waals surface area (Å²) in [6.07, 6.45) is 0.710. The Morgan fingerprint density at radius 3 is 2.57 bits per heavy atom. The van der Waals surface area contributed by atoms with Crippen molar-refractivity contribution in [2.24, 2.45) is 0 Å². The zero-order chi connectivity index (χ0) is 15.8. The number of aliphatic carboxylic acids is 1. The molecule has 3 amide bonds. The summed E-state index contributed by atoms with van der Waals surface area (Å²) in [6.45, 7) is 2.64. The van der Waals surface area contributed by atoms with Gasteiger partial charge in [0, 0.05) is 20.1 Å². The Morgan fingerprint density at radius 2 is 2.05 bits per heavy atom. The number of carboxylic acid groups (broad SMARTS) is 1. The van der Waals surface area contributed by atoms with E-state index in [0.29, 0.717) is 19.4 Å². The molecule has 1 rings (SSSR count). The molecule has 3 N–H and O–H groups in total. The minimum Gasteiger partial charge on any atom is -0.479 e. The first-order valence-corrected chi connectivity index (χ1v) is 7.09. The van der Waals surface area contributed by atoms with Crippen molar-refractivity contribution < 1.29 is 24.2 Å². The predicted octanol–water partition coefficient (Wildman–Crippen LogP) is -0.214. The zero-order valence-corrected chi connectivity index (χ0v) is 12.4. The summed E-state index contributed by atoms with van der Waals surface area (Å²) < 4.78 is 5.30. The van der Waals surface area contributed by atoms with Gasteiger partial charge in [-0.15, -0.1) is 0 Å². The van der Waals surface area contributed by atoms with E-state index in [4.69, 9.17) is 9.84 Å². The molecule has 0 spiro atoms. The molecule has 0 radical (unpaired) electrons. The van der Waals surface area contributed by atoms with Crippen LogP contribution in [-0.4, -0.2) is 66.8 Å². The highest BCUT2D eigenvalue weighted by Crippen LogP contribution is 2.19. The molecule has 0 saturated carbocycles. The summed E-state index contributed by atoms with van der Waals surface area (Å²) in [6, 6.07) is -0.345. The predicted molar refractivity (Wildman–Crippen MR) is 74.9 cm³/mol. The summed E-state index contributed by atoms with van der Waals surface area (Å²) in [5.74, 6) is -1.21. The number of amides is 3. The number of urea groups is 1. The van der Waals surface area contributed by atoms with Gasteiger partial charge in [-0.3, -0.25) is 4.79 Å². The summed E-state index contributed by atoms with van der Waals surface area (Å²) in [7, 11) is 1.52. The van der Waals surface area contributed by atoms with Gasteiger partial charge in [-0.25, -0.2) is 9.59 Å². The molecule has 1 aliphatic heterocycles. The van der Waals surface area contributed by atoms with Crippen molar-refractivity contribution in [1.29, 1.82) is 0 Å². The van der Waals surface area contributed by atoms with E-state index < -0.39 is 12.1 Å². The monoisotopic (exact) mass is 301 g/mol. The number of ether oxygens (including phenoxy) is 1. The Kier molecular flexibility index (Phi) is 6.93. The summed E-state index contributed by atoms with van der Waals surface area (Å²) >= 11 is 0. The molecule has 8 heteroatoms. The Balaban J connectivity index is 2.39. The van der Waals surface area contributed by atoms with Crippen LogP contribution in [-0.2, 0) is 14.3 Å². The molecule has 0 aromatic rings. The number of hydrogen-bond acceptors (Lipinski definition) is 4. The van der Waals surface area contributed by atoms with Crippen molar-refractivity contribution in [2.45, 2.75) is 38.4 Å². The van der Waals surface area contributed by atoms with Crippen LogP contribution in [0.2, 0.25) is 0 Å². The molecule has 2 unspecified atom stereocenters. The molecule has 0 aromatic heterocycles. The zero-order valence-electron chi connectivity index (χ0n) is 12.4. The van der Waals surface area contributed by atoms with Crippen molar-refractivity contribution in [3.63, 3.8) is 0 Å². The fourth-order valence-electron chi connectivity index (χ4n) is 2.13. The number of carboxylic acids is 1. The second-order valence-corrected chi connectivity index (χ2v) is 4.94. The molecule has 0 aliphatic carbocycles. The van der Waals surface area contributed by atoms with E-state index in [2.05, 4.69) is 10.6 Å². The normalized spacial score (nSPS) is 20.9. The molecule has 120 valence electrons. The van der Waals surface area contributed by atoms with Crippen molar-refractivity contribution in [3.8, 4) is 0 Å². The Labute approximate surface area is 123 Å². The van der Waals surface area contributed by atoms with Crippen LogP contribution >= 0.6 is 0 Å². The SMILES string of the molecule is CCCN(CC(=O)NC)C(=O)NCC1CCC(C(=O)O)O1. The van der Waals surface area contributed by atoms with Crippen LogP contribution in [0, 0.1) is 0 Å². The van der Waals surface area contributed by atoms with Crippen LogP contribution in [0.3, 0.4) is 0 Å². The van der Waals surface area contributed by atoms with Crippen molar-refractivity contribution in [1.82, 2.24) is 15.5 Å². The Hall–Kier alpha value is -1.83. The number of nitrogens with zero attached hydrogens (tertiary/aromatic N) is 1. The standard InChI is InChI=1S/C13H23N3O5/c1-3-6-16(8-11(17)14-2)13(20)15-7-9-4-5-10(21-9)12(18)19/h9-10H,3-8H2,1-2H3,(H,14,17)(H,15,20)(H,18,19). The molecule has 0 aromatic carbocycles. The van der Waals surface area contributed by atoms with Crippen LogP contribution in [0.4, 0.5) is 4.79 Å². The first kappa shape index (κ1) is 17.2. The van der Waals surface area contributed by atoms with Crippen LogP contribution in [0.15, 0.2) is 0 Å². The fourth-order valence-corrected chi connectivity index (χ4v) is 2.13. The maximum atomic E-state index is 12.0. The summed E-state index contributed by atoms with van der Waals surface area (Å²) in [4.78, 5) is 35.6. The summed E-state index contributed by atoms with van der Waals surface area (Å²) in [5.41, 5.74) is 0. The quantitative estimate of drug-likeness (QED) is 0.603. The van der Waals surface area contributed by atoms with E-state index in [1.807, 2.05) is 6.92 Å². The van der Waals surface area contributed by atoms with Gasteiger partial charge in [0.15, 0.2) is 6.10 Å². The molecule has 1 fully saturated rings. The smallest absolute Gasteiger partial charge is 0.332 e. The highest BCUT2D eigenvalue weighted by Gasteiger charge is 2.30. The maximum Gasteiger partial charge on any atom is 0.332 e. The third kappa shape index (κ3) is 5.58. The topological polar surface area (TPSA) is 108 Å². The molecule has 0 bridgehead atoms. The van der Waals surface area contributed by atoms with Gasteiger partial charge in [-0.1, -0.05) is 6.92 Å². The van der Waals surface area contributed by atoms with E-state index in [9.17, 15) is 14.4 Å². The Morgan fingerprint density at radius 1 is 1.33 bits per heavy atom. The second kappa shape index (κ2) is 8.46. The molecule has 1 aliphatic rings. The molecule has 8 nitrogen and oxygen atoms in total. The number of likely N-dealkylation sites (N-methyl/N-ethyl adjacent to an activating group) is 1. The third-order valence-electron chi connectivity index (χ3n) is 3.26. The lowest BCUT2D eigenvalue weighted by atomic mass is 10.2. The minimum absolute atomic E-state index is 0.000548.